The molecule has 0 aliphatic rings. The van der Waals surface area contributed by atoms with Crippen LogP contribution in [0.2, 0.25) is 0 Å². The van der Waals surface area contributed by atoms with Crippen LogP contribution in [0.1, 0.15) is 22.7 Å². The van der Waals surface area contributed by atoms with E-state index in [1.165, 1.54) is 0 Å². The molecule has 0 spiro atoms. The van der Waals surface area contributed by atoms with Gasteiger partial charge in [0, 0.05) is 12.2 Å². The molecule has 0 aromatic heterocycles. The monoisotopic (exact) mass is 374 g/mol. The van der Waals surface area contributed by atoms with Gasteiger partial charge in [0.1, 0.15) is 11.8 Å². The van der Waals surface area contributed by atoms with Crippen molar-refractivity contribution in [2.24, 2.45) is 0 Å². The van der Waals surface area contributed by atoms with E-state index in [4.69, 9.17) is 4.74 Å². The summed E-state index contributed by atoms with van der Waals surface area (Å²) in [7, 11) is 1.67. The fourth-order valence-corrected chi connectivity index (χ4v) is 3.11. The number of amides is 1. The average Bonchev–Trinajstić information content (AvgIpc) is 2.73. The van der Waals surface area contributed by atoms with Gasteiger partial charge in [-0.2, -0.15) is 0 Å². The van der Waals surface area contributed by atoms with Crippen molar-refractivity contribution in [2.75, 3.05) is 19.0 Å². The van der Waals surface area contributed by atoms with Crippen molar-refractivity contribution in [3.05, 3.63) is 95.6 Å². The number of hydrogen-bond acceptors (Lipinski definition) is 3. The van der Waals surface area contributed by atoms with Gasteiger partial charge in [-0.05, 0) is 48.2 Å². The van der Waals surface area contributed by atoms with Crippen LogP contribution in [0.3, 0.4) is 0 Å². The van der Waals surface area contributed by atoms with Crippen LogP contribution in [-0.4, -0.2) is 19.6 Å². The van der Waals surface area contributed by atoms with Crippen molar-refractivity contribution in [3.63, 3.8) is 0 Å². The molecule has 1 amide bonds. The number of rotatable bonds is 8. The van der Waals surface area contributed by atoms with Gasteiger partial charge in [0.25, 0.3) is 0 Å². The summed E-state index contributed by atoms with van der Waals surface area (Å²) in [5.74, 6) is 0.778. The molecule has 144 valence electrons. The maximum absolute atomic E-state index is 13.0. The summed E-state index contributed by atoms with van der Waals surface area (Å²) in [5.41, 5.74) is 3.99. The second kappa shape index (κ2) is 9.72. The highest BCUT2D eigenvalue weighted by Gasteiger charge is 2.20. The average molecular weight is 374 g/mol. The maximum Gasteiger partial charge on any atom is 0.246 e. The van der Waals surface area contributed by atoms with E-state index in [1.807, 2.05) is 79.7 Å². The third-order valence-electron chi connectivity index (χ3n) is 4.69. The number of methoxy groups -OCH3 is 1. The largest absolute Gasteiger partial charge is 0.497 e. The molecule has 0 saturated heterocycles. The number of para-hydroxylation sites is 1. The molecule has 0 fully saturated rings. The first-order chi connectivity index (χ1) is 13.7. The van der Waals surface area contributed by atoms with Crippen molar-refractivity contribution in [3.8, 4) is 5.75 Å². The van der Waals surface area contributed by atoms with Gasteiger partial charge in [-0.25, -0.2) is 0 Å². The van der Waals surface area contributed by atoms with Crippen molar-refractivity contribution >= 4 is 11.6 Å². The van der Waals surface area contributed by atoms with Crippen LogP contribution in [0.5, 0.6) is 5.75 Å². The van der Waals surface area contributed by atoms with Crippen LogP contribution in [0, 0.1) is 6.92 Å². The highest BCUT2D eigenvalue weighted by Crippen LogP contribution is 2.19. The number of ether oxygens (including phenoxy) is 1. The van der Waals surface area contributed by atoms with Gasteiger partial charge in [-0.15, -0.1) is 0 Å². The number of carbonyl (C=O) groups is 1. The number of aryl methyl sites for hydroxylation is 1. The Morgan fingerprint density at radius 1 is 0.964 bits per heavy atom. The van der Waals surface area contributed by atoms with Gasteiger partial charge < -0.3 is 15.4 Å². The van der Waals surface area contributed by atoms with E-state index >= 15 is 0 Å². The SMILES string of the molecule is COc1cccc(CCN[C@@H](C(=O)Nc2ccccc2C)c2ccccc2)c1. The van der Waals surface area contributed by atoms with Gasteiger partial charge in [-0.1, -0.05) is 60.7 Å². The number of anilines is 1. The van der Waals surface area contributed by atoms with E-state index in [0.29, 0.717) is 6.54 Å². The Labute approximate surface area is 166 Å². The Bertz CT molecular complexity index is 909. The van der Waals surface area contributed by atoms with Crippen LogP contribution < -0.4 is 15.4 Å². The molecule has 0 aliphatic carbocycles. The second-order valence-corrected chi connectivity index (χ2v) is 6.70. The van der Waals surface area contributed by atoms with E-state index < -0.39 is 6.04 Å². The number of nitrogens with one attached hydrogen (secondary N) is 2. The molecule has 0 radical (unpaired) electrons. The molecule has 0 saturated carbocycles. The first kappa shape index (κ1) is 19.6. The number of benzene rings is 3. The van der Waals surface area contributed by atoms with E-state index in [9.17, 15) is 4.79 Å². The minimum Gasteiger partial charge on any atom is -0.497 e. The molecule has 3 aromatic rings. The lowest BCUT2D eigenvalue weighted by atomic mass is 10.0. The Morgan fingerprint density at radius 3 is 2.46 bits per heavy atom. The summed E-state index contributed by atoms with van der Waals surface area (Å²) in [6, 6.07) is 25.2. The molecule has 2 N–H and O–H groups in total. The molecule has 1 atom stereocenters. The summed E-state index contributed by atoms with van der Waals surface area (Å²) in [6.07, 6.45) is 0.804. The quantitative estimate of drug-likeness (QED) is 0.610. The molecule has 0 unspecified atom stereocenters. The molecule has 0 heterocycles. The third kappa shape index (κ3) is 5.21. The lowest BCUT2D eigenvalue weighted by molar-refractivity contribution is -0.118. The summed E-state index contributed by atoms with van der Waals surface area (Å²) in [5, 5.41) is 6.46. The Kier molecular flexibility index (Phi) is 6.82. The predicted molar refractivity (Wildman–Crippen MR) is 114 cm³/mol. The summed E-state index contributed by atoms with van der Waals surface area (Å²) in [6.45, 7) is 2.66. The normalized spacial score (nSPS) is 11.6. The lowest BCUT2D eigenvalue weighted by Crippen LogP contribution is -2.34. The Balaban J connectivity index is 1.70. The van der Waals surface area contributed by atoms with E-state index in [2.05, 4.69) is 16.7 Å². The molecule has 0 bridgehead atoms. The third-order valence-corrected chi connectivity index (χ3v) is 4.69. The highest BCUT2D eigenvalue weighted by atomic mass is 16.5. The highest BCUT2D eigenvalue weighted by molar-refractivity contribution is 5.96. The minimum absolute atomic E-state index is 0.0638. The Morgan fingerprint density at radius 2 is 1.71 bits per heavy atom. The zero-order chi connectivity index (χ0) is 19.8. The summed E-state index contributed by atoms with van der Waals surface area (Å²) >= 11 is 0. The minimum atomic E-state index is -0.425. The number of carbonyl (C=O) groups excluding carboxylic acids is 1. The molecular formula is C24H26N2O2. The summed E-state index contributed by atoms with van der Waals surface area (Å²) < 4.78 is 5.28. The van der Waals surface area contributed by atoms with Crippen LogP contribution in [0.4, 0.5) is 5.69 Å². The standard InChI is InChI=1S/C24H26N2O2/c1-18-9-6-7-14-22(18)26-24(27)23(20-11-4-3-5-12-20)25-16-15-19-10-8-13-21(17-19)28-2/h3-14,17,23,25H,15-16H2,1-2H3,(H,26,27)/t23-/m1/s1. The van der Waals surface area contributed by atoms with Crippen molar-refractivity contribution in [1.82, 2.24) is 5.32 Å². The maximum atomic E-state index is 13.0. The molecule has 3 aromatic carbocycles. The molecule has 4 nitrogen and oxygen atoms in total. The first-order valence-electron chi connectivity index (χ1n) is 9.45. The fraction of sp³-hybridized carbons (Fsp3) is 0.208. The van der Waals surface area contributed by atoms with Crippen LogP contribution in [0.25, 0.3) is 0 Å². The van der Waals surface area contributed by atoms with Gasteiger partial charge in [0.2, 0.25) is 5.91 Å². The lowest BCUT2D eigenvalue weighted by Gasteiger charge is -2.20. The molecular weight excluding hydrogens is 348 g/mol. The van der Waals surface area contributed by atoms with Crippen LogP contribution >= 0.6 is 0 Å². The molecule has 0 aliphatic heterocycles. The van der Waals surface area contributed by atoms with Crippen molar-refractivity contribution in [2.45, 2.75) is 19.4 Å². The topological polar surface area (TPSA) is 50.4 Å². The predicted octanol–water partition coefficient (Wildman–Crippen LogP) is 4.52. The first-order valence-corrected chi connectivity index (χ1v) is 9.45. The van der Waals surface area contributed by atoms with Gasteiger partial charge in [0.15, 0.2) is 0 Å². The van der Waals surface area contributed by atoms with Gasteiger partial charge >= 0.3 is 0 Å². The fourth-order valence-electron chi connectivity index (χ4n) is 3.11. The zero-order valence-corrected chi connectivity index (χ0v) is 16.3. The summed E-state index contributed by atoms with van der Waals surface area (Å²) in [4.78, 5) is 13.0. The van der Waals surface area contributed by atoms with Crippen molar-refractivity contribution in [1.29, 1.82) is 0 Å². The molecule has 28 heavy (non-hydrogen) atoms. The Hall–Kier alpha value is -3.11. The van der Waals surface area contributed by atoms with Crippen molar-refractivity contribution < 1.29 is 9.53 Å². The number of hydrogen-bond donors (Lipinski definition) is 2. The van der Waals surface area contributed by atoms with Crippen LogP contribution in [0.15, 0.2) is 78.9 Å². The van der Waals surface area contributed by atoms with E-state index in [1.54, 1.807) is 7.11 Å². The van der Waals surface area contributed by atoms with E-state index in [-0.39, 0.29) is 5.91 Å². The van der Waals surface area contributed by atoms with Gasteiger partial charge in [-0.3, -0.25) is 4.79 Å². The molecule has 3 rings (SSSR count). The van der Waals surface area contributed by atoms with Gasteiger partial charge in [0.05, 0.1) is 7.11 Å². The smallest absolute Gasteiger partial charge is 0.246 e. The second-order valence-electron chi connectivity index (χ2n) is 6.70. The zero-order valence-electron chi connectivity index (χ0n) is 16.3. The van der Waals surface area contributed by atoms with E-state index in [0.717, 1.165) is 34.5 Å². The van der Waals surface area contributed by atoms with Crippen LogP contribution in [-0.2, 0) is 11.2 Å². The molecule has 4 heteroatoms.